The fraction of sp³-hybridized carbons (Fsp3) is 0.188. The Morgan fingerprint density at radius 1 is 1.19 bits per heavy atom. The van der Waals surface area contributed by atoms with Crippen molar-refractivity contribution in [1.82, 2.24) is 0 Å². The predicted molar refractivity (Wildman–Crippen MR) is 84.7 cm³/mol. The maximum absolute atomic E-state index is 12.8. The molecule has 1 aliphatic rings. The molecule has 3 nitrogen and oxygen atoms in total. The summed E-state index contributed by atoms with van der Waals surface area (Å²) in [4.78, 5) is 14.5. The molecule has 0 N–H and O–H groups in total. The molecule has 2 aromatic rings. The van der Waals surface area contributed by atoms with Crippen LogP contribution in [0.3, 0.4) is 0 Å². The summed E-state index contributed by atoms with van der Waals surface area (Å²) in [6.45, 7) is 2.40. The Balaban J connectivity index is 2.04. The van der Waals surface area contributed by atoms with Crippen molar-refractivity contribution in [3.05, 3.63) is 58.1 Å². The van der Waals surface area contributed by atoms with E-state index in [1.54, 1.807) is 23.1 Å². The molecule has 3 rings (SSSR count). The summed E-state index contributed by atoms with van der Waals surface area (Å²) in [6, 6.07) is 12.5. The summed E-state index contributed by atoms with van der Waals surface area (Å²) in [5, 5.41) is 0.651. The first-order chi connectivity index (χ1) is 10.1. The van der Waals surface area contributed by atoms with Crippen LogP contribution in [0.15, 0.2) is 42.5 Å². The van der Waals surface area contributed by atoms with E-state index in [0.717, 1.165) is 5.69 Å². The molecule has 1 unspecified atom stereocenters. The molecule has 0 aromatic heterocycles. The number of para-hydroxylation sites is 2. The Morgan fingerprint density at radius 2 is 1.95 bits per heavy atom. The molecule has 0 saturated heterocycles. The van der Waals surface area contributed by atoms with E-state index in [2.05, 4.69) is 0 Å². The molecule has 1 heterocycles. The summed E-state index contributed by atoms with van der Waals surface area (Å²) >= 11 is 12.2. The van der Waals surface area contributed by atoms with Gasteiger partial charge in [0.15, 0.2) is 0 Å². The fourth-order valence-electron chi connectivity index (χ4n) is 2.40. The van der Waals surface area contributed by atoms with E-state index in [4.69, 9.17) is 27.9 Å². The Labute approximate surface area is 133 Å². The molecule has 1 aliphatic heterocycles. The fourth-order valence-corrected chi connectivity index (χ4v) is 2.78. The molecule has 0 bridgehead atoms. The molecule has 21 heavy (non-hydrogen) atoms. The van der Waals surface area contributed by atoms with E-state index >= 15 is 0 Å². The van der Waals surface area contributed by atoms with Gasteiger partial charge in [0, 0.05) is 0 Å². The topological polar surface area (TPSA) is 29.5 Å². The lowest BCUT2D eigenvalue weighted by Crippen LogP contribution is -2.42. The summed E-state index contributed by atoms with van der Waals surface area (Å²) in [5.41, 5.74) is 1.14. The number of carbonyl (C=O) groups excluding carboxylic acids is 1. The molecular formula is C16H13Cl2NO2. The van der Waals surface area contributed by atoms with Crippen LogP contribution in [0.5, 0.6) is 5.75 Å². The average molecular weight is 322 g/mol. The zero-order chi connectivity index (χ0) is 15.0. The Kier molecular flexibility index (Phi) is 3.79. The van der Waals surface area contributed by atoms with Crippen molar-refractivity contribution in [2.24, 2.45) is 0 Å². The van der Waals surface area contributed by atoms with Crippen LogP contribution in [0.2, 0.25) is 10.0 Å². The van der Waals surface area contributed by atoms with Gasteiger partial charge in [-0.3, -0.25) is 4.79 Å². The molecule has 0 fully saturated rings. The number of benzene rings is 2. The third-order valence-electron chi connectivity index (χ3n) is 3.35. The molecule has 0 spiro atoms. The second-order valence-corrected chi connectivity index (χ2v) is 5.70. The number of hydrogen-bond donors (Lipinski definition) is 0. The van der Waals surface area contributed by atoms with Gasteiger partial charge < -0.3 is 9.64 Å². The summed E-state index contributed by atoms with van der Waals surface area (Å²) in [7, 11) is 0. The van der Waals surface area contributed by atoms with Crippen LogP contribution in [0.1, 0.15) is 17.3 Å². The lowest BCUT2D eigenvalue weighted by Gasteiger charge is -2.33. The molecule has 5 heteroatoms. The molecular weight excluding hydrogens is 309 g/mol. The lowest BCUT2D eigenvalue weighted by atomic mass is 10.1. The summed E-state index contributed by atoms with van der Waals surface area (Å²) in [6.07, 6.45) is -0.0817. The Bertz CT molecular complexity index is 702. The highest BCUT2D eigenvalue weighted by Gasteiger charge is 2.29. The first-order valence-electron chi connectivity index (χ1n) is 6.59. The second kappa shape index (κ2) is 5.58. The highest BCUT2D eigenvalue weighted by molar-refractivity contribution is 6.44. The van der Waals surface area contributed by atoms with Gasteiger partial charge in [0.05, 0.1) is 27.8 Å². The number of nitrogens with zero attached hydrogens (tertiary/aromatic N) is 1. The number of anilines is 1. The van der Waals surface area contributed by atoms with E-state index < -0.39 is 0 Å². The van der Waals surface area contributed by atoms with Crippen molar-refractivity contribution in [2.75, 3.05) is 11.4 Å². The predicted octanol–water partition coefficient (Wildman–Crippen LogP) is 4.42. The molecule has 1 atom stereocenters. The molecule has 0 aliphatic carbocycles. The van der Waals surface area contributed by atoms with E-state index in [-0.39, 0.29) is 17.0 Å². The van der Waals surface area contributed by atoms with E-state index in [1.807, 2.05) is 31.2 Å². The van der Waals surface area contributed by atoms with Gasteiger partial charge in [0.2, 0.25) is 0 Å². The van der Waals surface area contributed by atoms with Gasteiger partial charge >= 0.3 is 0 Å². The van der Waals surface area contributed by atoms with Gasteiger partial charge in [-0.15, -0.1) is 0 Å². The average Bonchev–Trinajstić information content (AvgIpc) is 2.48. The van der Waals surface area contributed by atoms with Crippen LogP contribution in [0.4, 0.5) is 5.69 Å². The largest absolute Gasteiger partial charge is 0.487 e. The monoisotopic (exact) mass is 321 g/mol. The lowest BCUT2D eigenvalue weighted by molar-refractivity contribution is 0.0961. The van der Waals surface area contributed by atoms with Gasteiger partial charge in [0.1, 0.15) is 11.9 Å². The minimum absolute atomic E-state index is 0.0817. The first-order valence-corrected chi connectivity index (χ1v) is 7.35. The summed E-state index contributed by atoms with van der Waals surface area (Å²) in [5.74, 6) is 0.521. The van der Waals surface area contributed by atoms with Gasteiger partial charge in [0.25, 0.3) is 5.91 Å². The third kappa shape index (κ3) is 2.59. The number of fused-ring (bicyclic) bond motifs is 1. The number of ether oxygens (including phenoxy) is 1. The van der Waals surface area contributed by atoms with Gasteiger partial charge in [-0.05, 0) is 31.2 Å². The Morgan fingerprint density at radius 3 is 2.76 bits per heavy atom. The third-order valence-corrected chi connectivity index (χ3v) is 4.17. The molecule has 0 saturated carbocycles. The van der Waals surface area contributed by atoms with Crippen molar-refractivity contribution in [3.63, 3.8) is 0 Å². The van der Waals surface area contributed by atoms with Crippen LogP contribution in [0, 0.1) is 0 Å². The maximum atomic E-state index is 12.8. The van der Waals surface area contributed by atoms with Crippen LogP contribution < -0.4 is 9.64 Å². The Hall–Kier alpha value is -1.71. The van der Waals surface area contributed by atoms with Crippen molar-refractivity contribution >= 4 is 34.8 Å². The van der Waals surface area contributed by atoms with Crippen LogP contribution in [-0.4, -0.2) is 18.6 Å². The number of rotatable bonds is 1. The molecule has 108 valence electrons. The van der Waals surface area contributed by atoms with Crippen molar-refractivity contribution in [3.8, 4) is 5.75 Å². The molecule has 0 radical (unpaired) electrons. The van der Waals surface area contributed by atoms with Crippen molar-refractivity contribution in [1.29, 1.82) is 0 Å². The van der Waals surface area contributed by atoms with Crippen LogP contribution >= 0.6 is 23.2 Å². The number of halogens is 2. The molecule has 2 aromatic carbocycles. The first kappa shape index (κ1) is 14.2. The highest BCUT2D eigenvalue weighted by Crippen LogP contribution is 2.35. The highest BCUT2D eigenvalue weighted by atomic mass is 35.5. The van der Waals surface area contributed by atoms with Crippen LogP contribution in [0.25, 0.3) is 0 Å². The molecule has 1 amide bonds. The maximum Gasteiger partial charge on any atom is 0.260 e. The smallest absolute Gasteiger partial charge is 0.260 e. The number of carbonyl (C=O) groups is 1. The zero-order valence-electron chi connectivity index (χ0n) is 11.3. The quantitative estimate of drug-likeness (QED) is 0.778. The number of hydrogen-bond acceptors (Lipinski definition) is 2. The van der Waals surface area contributed by atoms with Gasteiger partial charge in [-0.25, -0.2) is 0 Å². The zero-order valence-corrected chi connectivity index (χ0v) is 12.9. The normalized spacial score (nSPS) is 17.1. The van der Waals surface area contributed by atoms with Crippen molar-refractivity contribution in [2.45, 2.75) is 13.0 Å². The minimum Gasteiger partial charge on any atom is -0.487 e. The standard InChI is InChI=1S/C16H13Cl2NO2/c1-10-9-19(13-7-2-3-8-14(13)21-10)16(20)11-5-4-6-12(17)15(11)18/h2-8,10H,9H2,1H3. The van der Waals surface area contributed by atoms with E-state index in [1.165, 1.54) is 0 Å². The van der Waals surface area contributed by atoms with Gasteiger partial charge in [-0.1, -0.05) is 41.4 Å². The summed E-state index contributed by atoms with van der Waals surface area (Å²) < 4.78 is 5.75. The minimum atomic E-state index is -0.176. The van der Waals surface area contributed by atoms with Gasteiger partial charge in [-0.2, -0.15) is 0 Å². The number of amides is 1. The van der Waals surface area contributed by atoms with Crippen LogP contribution in [-0.2, 0) is 0 Å². The van der Waals surface area contributed by atoms with Crippen molar-refractivity contribution < 1.29 is 9.53 Å². The SMILES string of the molecule is CC1CN(C(=O)c2cccc(Cl)c2Cl)c2ccccc2O1. The second-order valence-electron chi connectivity index (χ2n) is 4.91. The van der Waals surface area contributed by atoms with E-state index in [9.17, 15) is 4.79 Å². The van der Waals surface area contributed by atoms with E-state index in [0.29, 0.717) is 22.9 Å².